The lowest BCUT2D eigenvalue weighted by Gasteiger charge is -2.16. The summed E-state index contributed by atoms with van der Waals surface area (Å²) in [5.74, 6) is 0.271. The first-order valence-corrected chi connectivity index (χ1v) is 8.48. The van der Waals surface area contributed by atoms with E-state index in [-0.39, 0.29) is 4.47 Å². The Kier molecular flexibility index (Phi) is 4.29. The van der Waals surface area contributed by atoms with Gasteiger partial charge in [-0.2, -0.15) is 10.7 Å². The Labute approximate surface area is 136 Å². The lowest BCUT2D eigenvalue weighted by Crippen LogP contribution is -2.38. The largest absolute Gasteiger partial charge is 0.249 e. The Morgan fingerprint density at radius 1 is 1.52 bits per heavy atom. The zero-order valence-corrected chi connectivity index (χ0v) is 13.7. The van der Waals surface area contributed by atoms with E-state index in [0.29, 0.717) is 16.5 Å². The molecule has 1 aliphatic heterocycles. The third-order valence-corrected chi connectivity index (χ3v) is 5.17. The van der Waals surface area contributed by atoms with Crippen molar-refractivity contribution in [2.24, 2.45) is 0 Å². The fraction of sp³-hybridized carbons (Fsp3) is 0.0833. The number of hydrogen-bond acceptors (Lipinski definition) is 6. The van der Waals surface area contributed by atoms with Crippen molar-refractivity contribution in [3.8, 4) is 0 Å². The molecule has 1 aromatic carbocycles. The minimum Gasteiger partial charge on any atom is -0.249 e. The Morgan fingerprint density at radius 3 is 3.10 bits per heavy atom. The lowest BCUT2D eigenvalue weighted by molar-refractivity contribution is -0.301. The van der Waals surface area contributed by atoms with Crippen LogP contribution < -0.4 is 10.3 Å². The summed E-state index contributed by atoms with van der Waals surface area (Å²) >= 11 is 6.10. The standard InChI is InChI=1S/C12H10BrFN3O2S2/c13-9-5-8(1-2-10(9)14)17(18)6-11(16-19-17)21-7-12-15-3-4-20-12/h1-6,16,18H,7H2/q+1. The van der Waals surface area contributed by atoms with E-state index in [1.54, 1.807) is 17.5 Å². The van der Waals surface area contributed by atoms with E-state index in [9.17, 15) is 9.60 Å². The molecule has 0 saturated carbocycles. The summed E-state index contributed by atoms with van der Waals surface area (Å²) in [5, 5.41) is 14.0. The molecule has 110 valence electrons. The molecule has 1 aliphatic rings. The number of hydrogen-bond donors (Lipinski definition) is 2. The molecule has 5 nitrogen and oxygen atoms in total. The van der Waals surface area contributed by atoms with Gasteiger partial charge in [-0.05, 0) is 26.9 Å². The van der Waals surface area contributed by atoms with Crippen LogP contribution in [0.1, 0.15) is 5.01 Å². The number of rotatable bonds is 4. The zero-order chi connectivity index (χ0) is 14.9. The van der Waals surface area contributed by atoms with Gasteiger partial charge in [-0.3, -0.25) is 0 Å². The molecule has 0 amide bonds. The molecule has 0 saturated heterocycles. The number of thioether (sulfide) groups is 1. The van der Waals surface area contributed by atoms with Gasteiger partial charge in [0.15, 0.2) is 5.03 Å². The second-order valence-corrected chi connectivity index (χ2v) is 6.97. The smallest absolute Gasteiger partial charge is 0.209 e. The minimum absolute atomic E-state index is 0.257. The number of nitrogens with zero attached hydrogens (tertiary/aromatic N) is 2. The predicted octanol–water partition coefficient (Wildman–Crippen LogP) is 3.92. The van der Waals surface area contributed by atoms with Crippen LogP contribution in [0.4, 0.5) is 10.1 Å². The second-order valence-electron chi connectivity index (χ2n) is 4.12. The molecule has 1 atom stereocenters. The number of nitrogens with one attached hydrogen (secondary N) is 1. The Hall–Kier alpha value is -0.970. The van der Waals surface area contributed by atoms with Crippen molar-refractivity contribution >= 4 is 44.7 Å². The summed E-state index contributed by atoms with van der Waals surface area (Å²) in [7, 11) is 0. The average molecular weight is 391 g/mol. The molecule has 0 spiro atoms. The molecule has 2 aromatic rings. The summed E-state index contributed by atoms with van der Waals surface area (Å²) in [6, 6.07) is 4.17. The van der Waals surface area contributed by atoms with Crippen molar-refractivity contribution in [2.45, 2.75) is 5.75 Å². The van der Waals surface area contributed by atoms with Crippen LogP contribution in [0.15, 0.2) is 45.5 Å². The molecule has 1 unspecified atom stereocenters. The third-order valence-electron chi connectivity index (χ3n) is 2.69. The van der Waals surface area contributed by atoms with Crippen molar-refractivity contribution in [1.82, 2.24) is 15.3 Å². The van der Waals surface area contributed by atoms with E-state index in [0.717, 1.165) is 5.01 Å². The van der Waals surface area contributed by atoms with Gasteiger partial charge >= 0.3 is 0 Å². The van der Waals surface area contributed by atoms with Crippen LogP contribution in [0, 0.1) is 5.82 Å². The van der Waals surface area contributed by atoms with Gasteiger partial charge in [-0.1, -0.05) is 11.8 Å². The first-order chi connectivity index (χ1) is 10.1. The Morgan fingerprint density at radius 2 is 2.38 bits per heavy atom. The van der Waals surface area contributed by atoms with Crippen LogP contribution in [0.2, 0.25) is 0 Å². The highest BCUT2D eigenvalue weighted by Crippen LogP contribution is 2.33. The van der Waals surface area contributed by atoms with Crippen LogP contribution in [0.25, 0.3) is 0 Å². The molecule has 2 N–H and O–H groups in total. The van der Waals surface area contributed by atoms with E-state index in [4.69, 9.17) is 4.94 Å². The third kappa shape index (κ3) is 3.28. The maximum atomic E-state index is 13.2. The van der Waals surface area contributed by atoms with Gasteiger partial charge < -0.3 is 0 Å². The first-order valence-electron chi connectivity index (χ1n) is 5.82. The van der Waals surface area contributed by atoms with Gasteiger partial charge in [0.05, 0.1) is 10.2 Å². The highest BCUT2D eigenvalue weighted by atomic mass is 79.9. The van der Waals surface area contributed by atoms with Gasteiger partial charge in [-0.15, -0.1) is 11.3 Å². The van der Waals surface area contributed by atoms with Crippen LogP contribution in [0.5, 0.6) is 0 Å². The van der Waals surface area contributed by atoms with Crippen LogP contribution >= 0.6 is 39.0 Å². The van der Waals surface area contributed by atoms with Gasteiger partial charge in [0.2, 0.25) is 11.9 Å². The fourth-order valence-electron chi connectivity index (χ4n) is 1.67. The van der Waals surface area contributed by atoms with Crippen molar-refractivity contribution in [2.75, 3.05) is 0 Å². The second kappa shape index (κ2) is 6.03. The lowest BCUT2D eigenvalue weighted by atomic mass is 10.3. The van der Waals surface area contributed by atoms with Gasteiger partial charge in [0, 0.05) is 28.5 Å². The monoisotopic (exact) mass is 390 g/mol. The number of thiazole rings is 1. The van der Waals surface area contributed by atoms with Gasteiger partial charge in [-0.25, -0.2) is 9.37 Å². The molecule has 21 heavy (non-hydrogen) atoms. The number of hydroxylamine groups is 3. The van der Waals surface area contributed by atoms with Crippen molar-refractivity contribution in [3.05, 3.63) is 56.3 Å². The van der Waals surface area contributed by atoms with E-state index in [2.05, 4.69) is 26.4 Å². The van der Waals surface area contributed by atoms with Crippen molar-refractivity contribution in [1.29, 1.82) is 0 Å². The molecule has 0 fully saturated rings. The van der Waals surface area contributed by atoms with E-state index in [1.165, 1.54) is 36.2 Å². The molecule has 0 bridgehead atoms. The van der Waals surface area contributed by atoms with Crippen molar-refractivity contribution in [3.63, 3.8) is 0 Å². The summed E-state index contributed by atoms with van der Waals surface area (Å²) in [5.41, 5.74) is 3.03. The Balaban J connectivity index is 1.74. The van der Waals surface area contributed by atoms with Crippen LogP contribution in [-0.2, 0) is 10.7 Å². The van der Waals surface area contributed by atoms with Crippen molar-refractivity contribution < 1.29 is 14.5 Å². The summed E-state index contributed by atoms with van der Waals surface area (Å²) < 4.78 is 13.5. The number of quaternary nitrogens is 1. The molecule has 2 heterocycles. The average Bonchev–Trinajstić information content (AvgIpc) is 3.10. The van der Waals surface area contributed by atoms with Crippen LogP contribution in [0.3, 0.4) is 0 Å². The van der Waals surface area contributed by atoms with E-state index in [1.807, 2.05) is 5.38 Å². The number of benzene rings is 1. The predicted molar refractivity (Wildman–Crippen MR) is 83.4 cm³/mol. The summed E-state index contributed by atoms with van der Waals surface area (Å²) in [4.78, 5) is 8.46. The normalized spacial score (nSPS) is 21.2. The molecule has 9 heteroatoms. The maximum absolute atomic E-state index is 13.2. The van der Waals surface area contributed by atoms with E-state index >= 15 is 0 Å². The molecular formula is C12H10BrFN3O2S2+. The van der Waals surface area contributed by atoms with Gasteiger partial charge in [0.25, 0.3) is 0 Å². The quantitative estimate of drug-likeness (QED) is 0.774. The topological polar surface area (TPSA) is 54.4 Å². The highest BCUT2D eigenvalue weighted by molar-refractivity contribution is 9.10. The maximum Gasteiger partial charge on any atom is 0.209 e. The summed E-state index contributed by atoms with van der Waals surface area (Å²) in [6.07, 6.45) is 3.24. The highest BCUT2D eigenvalue weighted by Gasteiger charge is 2.38. The first kappa shape index (κ1) is 14.9. The number of halogens is 2. The molecule has 0 aliphatic carbocycles. The van der Waals surface area contributed by atoms with Crippen LogP contribution in [-0.4, -0.2) is 10.2 Å². The minimum atomic E-state index is -0.890. The number of aromatic nitrogens is 1. The Bertz CT molecular complexity index is 683. The van der Waals surface area contributed by atoms with E-state index < -0.39 is 10.6 Å². The van der Waals surface area contributed by atoms with Gasteiger partial charge in [0.1, 0.15) is 10.8 Å². The zero-order valence-electron chi connectivity index (χ0n) is 10.5. The fourth-order valence-corrected chi connectivity index (χ4v) is 3.55. The molecular weight excluding hydrogens is 381 g/mol. The molecule has 0 radical (unpaired) electrons. The SMILES string of the molecule is O[N+]1(c2ccc(F)c(Br)c2)C=C(SCc2nccs2)NO1. The summed E-state index contributed by atoms with van der Waals surface area (Å²) in [6.45, 7) is 0. The molecule has 1 aromatic heterocycles. The molecule has 3 rings (SSSR count).